The van der Waals surface area contributed by atoms with Crippen molar-refractivity contribution < 1.29 is 19.1 Å². The number of amides is 2. The molecule has 0 aromatic rings. The lowest BCUT2D eigenvalue weighted by atomic mass is 9.94. The van der Waals surface area contributed by atoms with E-state index in [4.69, 9.17) is 9.47 Å². The molecule has 0 heterocycles. The van der Waals surface area contributed by atoms with Crippen LogP contribution in [0.25, 0.3) is 0 Å². The molecule has 0 unspecified atom stereocenters. The van der Waals surface area contributed by atoms with Gasteiger partial charge in [-0.15, -0.1) is 0 Å². The molecule has 0 radical (unpaired) electrons. The van der Waals surface area contributed by atoms with Crippen molar-refractivity contribution in [3.63, 3.8) is 0 Å². The van der Waals surface area contributed by atoms with Gasteiger partial charge < -0.3 is 19.3 Å². The summed E-state index contributed by atoms with van der Waals surface area (Å²) >= 11 is 0. The molecule has 6 heteroatoms. The van der Waals surface area contributed by atoms with Crippen LogP contribution in [0, 0.1) is 0 Å². The van der Waals surface area contributed by atoms with E-state index in [9.17, 15) is 9.59 Å². The highest BCUT2D eigenvalue weighted by Gasteiger charge is 2.29. The standard InChI is InChI=1S/C22H42N2O4/c1-5-13-23(14-6-2)21(25)17-27-19-11-9-10-12-20(19)28-18-22(26)24(15-7-3)16-8-4/h19-20H,5-18H2,1-4H3/t19-,20+. The van der Waals surface area contributed by atoms with E-state index in [1.165, 1.54) is 0 Å². The van der Waals surface area contributed by atoms with Gasteiger partial charge in [-0.25, -0.2) is 0 Å². The van der Waals surface area contributed by atoms with E-state index in [-0.39, 0.29) is 37.2 Å². The molecule has 164 valence electrons. The Labute approximate surface area is 171 Å². The third-order valence-corrected chi connectivity index (χ3v) is 5.16. The summed E-state index contributed by atoms with van der Waals surface area (Å²) in [6.45, 7) is 11.7. The van der Waals surface area contributed by atoms with Crippen LogP contribution in [0.3, 0.4) is 0 Å². The molecule has 28 heavy (non-hydrogen) atoms. The summed E-state index contributed by atoms with van der Waals surface area (Å²) in [6, 6.07) is 0. The summed E-state index contributed by atoms with van der Waals surface area (Å²) in [5.74, 6) is 0.113. The van der Waals surface area contributed by atoms with E-state index in [0.717, 1.165) is 77.5 Å². The summed E-state index contributed by atoms with van der Waals surface area (Å²) in [5.41, 5.74) is 0. The Hall–Kier alpha value is -1.14. The Bertz CT molecular complexity index is 392. The van der Waals surface area contributed by atoms with Gasteiger partial charge in [0.15, 0.2) is 0 Å². The Morgan fingerprint density at radius 1 is 0.679 bits per heavy atom. The molecule has 0 N–H and O–H groups in total. The fraction of sp³-hybridized carbons (Fsp3) is 0.909. The number of hydrogen-bond donors (Lipinski definition) is 0. The maximum Gasteiger partial charge on any atom is 0.248 e. The lowest BCUT2D eigenvalue weighted by Crippen LogP contribution is -2.42. The number of ether oxygens (including phenoxy) is 2. The van der Waals surface area contributed by atoms with Crippen LogP contribution in [-0.2, 0) is 19.1 Å². The van der Waals surface area contributed by atoms with Gasteiger partial charge in [0.25, 0.3) is 0 Å². The van der Waals surface area contributed by atoms with E-state index >= 15 is 0 Å². The maximum absolute atomic E-state index is 12.5. The second kappa shape index (κ2) is 14.8. The molecule has 1 saturated carbocycles. The van der Waals surface area contributed by atoms with Crippen LogP contribution in [0.2, 0.25) is 0 Å². The molecule has 6 nitrogen and oxygen atoms in total. The second-order valence-corrected chi connectivity index (χ2v) is 7.74. The van der Waals surface area contributed by atoms with Crippen LogP contribution in [0.15, 0.2) is 0 Å². The average molecular weight is 399 g/mol. The SMILES string of the molecule is CCCN(CCC)C(=O)CO[C@H]1CCCC[C@H]1OCC(=O)N(CCC)CCC. The fourth-order valence-electron chi connectivity index (χ4n) is 3.79. The summed E-state index contributed by atoms with van der Waals surface area (Å²) in [6.07, 6.45) is 7.57. The van der Waals surface area contributed by atoms with Crippen molar-refractivity contribution in [1.29, 1.82) is 0 Å². The first kappa shape index (κ1) is 24.9. The van der Waals surface area contributed by atoms with Crippen molar-refractivity contribution in [3.8, 4) is 0 Å². The third kappa shape index (κ3) is 8.91. The largest absolute Gasteiger partial charge is 0.366 e. The molecule has 0 saturated heterocycles. The number of rotatable bonds is 14. The van der Waals surface area contributed by atoms with Gasteiger partial charge in [0.1, 0.15) is 13.2 Å². The molecular weight excluding hydrogens is 356 g/mol. The third-order valence-electron chi connectivity index (χ3n) is 5.16. The number of carbonyl (C=O) groups is 2. The van der Waals surface area contributed by atoms with Crippen molar-refractivity contribution >= 4 is 11.8 Å². The van der Waals surface area contributed by atoms with Crippen molar-refractivity contribution in [3.05, 3.63) is 0 Å². The molecule has 2 amide bonds. The van der Waals surface area contributed by atoms with E-state index in [1.54, 1.807) is 0 Å². The van der Waals surface area contributed by atoms with Crippen LogP contribution in [-0.4, -0.2) is 73.2 Å². The molecule has 1 aliphatic rings. The van der Waals surface area contributed by atoms with E-state index in [1.807, 2.05) is 9.80 Å². The Morgan fingerprint density at radius 2 is 1.00 bits per heavy atom. The van der Waals surface area contributed by atoms with Crippen LogP contribution in [0.1, 0.15) is 79.1 Å². The Kier molecular flexibility index (Phi) is 13.2. The average Bonchev–Trinajstić information content (AvgIpc) is 2.70. The first-order valence-corrected chi connectivity index (χ1v) is 11.4. The van der Waals surface area contributed by atoms with Gasteiger partial charge in [0, 0.05) is 26.2 Å². The van der Waals surface area contributed by atoms with Crippen LogP contribution in [0.5, 0.6) is 0 Å². The zero-order chi connectivity index (χ0) is 20.8. The first-order chi connectivity index (χ1) is 13.6. The summed E-state index contributed by atoms with van der Waals surface area (Å²) < 4.78 is 12.0. The summed E-state index contributed by atoms with van der Waals surface area (Å²) in [7, 11) is 0. The summed E-state index contributed by atoms with van der Waals surface area (Å²) in [4.78, 5) is 28.7. The minimum atomic E-state index is -0.0959. The predicted octanol–water partition coefficient (Wildman–Crippen LogP) is 3.63. The van der Waals surface area contributed by atoms with Gasteiger partial charge in [-0.1, -0.05) is 40.5 Å². The predicted molar refractivity (Wildman–Crippen MR) is 112 cm³/mol. The monoisotopic (exact) mass is 398 g/mol. The molecule has 0 aliphatic heterocycles. The van der Waals surface area contributed by atoms with Gasteiger partial charge in [-0.2, -0.15) is 0 Å². The number of hydrogen-bond acceptors (Lipinski definition) is 4. The lowest BCUT2D eigenvalue weighted by Gasteiger charge is -2.32. The molecule has 1 rings (SSSR count). The van der Waals surface area contributed by atoms with Crippen molar-refractivity contribution in [2.45, 2.75) is 91.3 Å². The maximum atomic E-state index is 12.5. The molecule has 1 fully saturated rings. The van der Waals surface area contributed by atoms with Crippen molar-refractivity contribution in [1.82, 2.24) is 9.80 Å². The molecule has 0 bridgehead atoms. The van der Waals surface area contributed by atoms with Gasteiger partial charge in [-0.05, 0) is 38.5 Å². The topological polar surface area (TPSA) is 59.1 Å². The van der Waals surface area contributed by atoms with Crippen molar-refractivity contribution in [2.24, 2.45) is 0 Å². The molecule has 0 aromatic carbocycles. The molecular formula is C22H42N2O4. The fourth-order valence-corrected chi connectivity index (χ4v) is 3.79. The molecule has 1 aliphatic carbocycles. The minimum absolute atomic E-state index is 0.0566. The molecule has 0 aromatic heterocycles. The Morgan fingerprint density at radius 3 is 1.29 bits per heavy atom. The van der Waals surface area contributed by atoms with E-state index in [2.05, 4.69) is 27.7 Å². The lowest BCUT2D eigenvalue weighted by molar-refractivity contribution is -0.152. The summed E-state index contributed by atoms with van der Waals surface area (Å²) in [5, 5.41) is 0. The van der Waals surface area contributed by atoms with Gasteiger partial charge in [-0.3, -0.25) is 9.59 Å². The second-order valence-electron chi connectivity index (χ2n) is 7.74. The number of carbonyl (C=O) groups excluding carboxylic acids is 2. The highest BCUT2D eigenvalue weighted by Crippen LogP contribution is 2.24. The number of nitrogens with zero attached hydrogens (tertiary/aromatic N) is 2. The minimum Gasteiger partial charge on any atom is -0.366 e. The zero-order valence-corrected chi connectivity index (χ0v) is 18.6. The van der Waals surface area contributed by atoms with E-state index in [0.29, 0.717) is 0 Å². The normalized spacial score (nSPS) is 19.4. The highest BCUT2D eigenvalue weighted by molar-refractivity contribution is 5.77. The zero-order valence-electron chi connectivity index (χ0n) is 18.6. The van der Waals surface area contributed by atoms with Gasteiger partial charge in [0.2, 0.25) is 11.8 Å². The van der Waals surface area contributed by atoms with Crippen LogP contribution in [0.4, 0.5) is 0 Å². The van der Waals surface area contributed by atoms with Gasteiger partial charge >= 0.3 is 0 Å². The van der Waals surface area contributed by atoms with Crippen molar-refractivity contribution in [2.75, 3.05) is 39.4 Å². The Balaban J connectivity index is 2.52. The smallest absolute Gasteiger partial charge is 0.248 e. The quantitative estimate of drug-likeness (QED) is 0.448. The van der Waals surface area contributed by atoms with Crippen LogP contribution >= 0.6 is 0 Å². The first-order valence-electron chi connectivity index (χ1n) is 11.4. The molecule has 2 atom stereocenters. The highest BCUT2D eigenvalue weighted by atomic mass is 16.5. The van der Waals surface area contributed by atoms with Gasteiger partial charge in [0.05, 0.1) is 12.2 Å². The van der Waals surface area contributed by atoms with Crippen LogP contribution < -0.4 is 0 Å². The molecule has 0 spiro atoms. The van der Waals surface area contributed by atoms with E-state index < -0.39 is 0 Å².